The lowest BCUT2D eigenvalue weighted by Gasteiger charge is -2.34. The molecule has 1 aliphatic carbocycles. The second kappa shape index (κ2) is 4.18. The van der Waals surface area contributed by atoms with Gasteiger partial charge in [-0.15, -0.1) is 0 Å². The lowest BCUT2D eigenvalue weighted by atomic mass is 9.96. The van der Waals surface area contributed by atoms with Crippen molar-refractivity contribution in [2.24, 2.45) is 5.92 Å². The minimum Gasteiger partial charge on any atom is -0.480 e. The highest BCUT2D eigenvalue weighted by molar-refractivity contribution is 5.89. The molecule has 1 saturated heterocycles. The molecule has 17 heavy (non-hydrogen) atoms. The van der Waals surface area contributed by atoms with Gasteiger partial charge < -0.3 is 20.4 Å². The van der Waals surface area contributed by atoms with Gasteiger partial charge in [-0.05, 0) is 25.2 Å². The molecule has 2 fully saturated rings. The molecule has 0 aromatic carbocycles. The molecule has 96 valence electrons. The summed E-state index contributed by atoms with van der Waals surface area (Å²) in [5, 5.41) is 21.2. The van der Waals surface area contributed by atoms with Crippen LogP contribution in [0.4, 0.5) is 4.79 Å². The maximum atomic E-state index is 11.9. The Morgan fingerprint density at radius 2 is 2.06 bits per heavy atom. The van der Waals surface area contributed by atoms with Gasteiger partial charge >= 0.3 is 12.0 Å². The summed E-state index contributed by atoms with van der Waals surface area (Å²) in [5.74, 6) is -0.787. The number of likely N-dealkylation sites (tertiary alicyclic amines) is 1. The van der Waals surface area contributed by atoms with Crippen molar-refractivity contribution in [1.82, 2.24) is 10.2 Å². The van der Waals surface area contributed by atoms with E-state index in [-0.39, 0.29) is 18.5 Å². The molecule has 0 aromatic rings. The molecule has 1 heterocycles. The molecule has 0 bridgehead atoms. The van der Waals surface area contributed by atoms with Gasteiger partial charge in [-0.1, -0.05) is 6.92 Å². The second-order valence-electron chi connectivity index (χ2n) is 5.10. The summed E-state index contributed by atoms with van der Waals surface area (Å²) in [6, 6.07) is -0.379. The first-order valence-corrected chi connectivity index (χ1v) is 5.93. The summed E-state index contributed by atoms with van der Waals surface area (Å²) in [5.41, 5.74) is -1.05. The molecule has 2 unspecified atom stereocenters. The van der Waals surface area contributed by atoms with Crippen LogP contribution in [-0.2, 0) is 4.79 Å². The smallest absolute Gasteiger partial charge is 0.329 e. The molecule has 0 radical (unpaired) electrons. The van der Waals surface area contributed by atoms with E-state index < -0.39 is 17.6 Å². The van der Waals surface area contributed by atoms with Crippen LogP contribution < -0.4 is 5.32 Å². The average molecular weight is 242 g/mol. The van der Waals surface area contributed by atoms with Gasteiger partial charge in [0.15, 0.2) is 0 Å². The fraction of sp³-hybridized carbons (Fsp3) is 0.818. The SMILES string of the molecule is CC1CCN(C(=O)NC2(C(=O)O)CC2)CC1O. The van der Waals surface area contributed by atoms with Crippen LogP contribution in [0.2, 0.25) is 0 Å². The Labute approximate surface area is 99.6 Å². The number of rotatable bonds is 2. The molecule has 1 saturated carbocycles. The zero-order chi connectivity index (χ0) is 12.6. The maximum absolute atomic E-state index is 11.9. The molecule has 6 heteroatoms. The summed E-state index contributed by atoms with van der Waals surface area (Å²) in [4.78, 5) is 24.3. The molecule has 2 rings (SSSR count). The molecule has 3 N–H and O–H groups in total. The first-order valence-electron chi connectivity index (χ1n) is 5.93. The predicted octanol–water partition coefficient (Wildman–Crippen LogP) is 0.0159. The van der Waals surface area contributed by atoms with E-state index in [0.717, 1.165) is 6.42 Å². The molecule has 2 aliphatic rings. The van der Waals surface area contributed by atoms with Gasteiger partial charge in [-0.2, -0.15) is 0 Å². The molecule has 0 spiro atoms. The number of nitrogens with one attached hydrogen (secondary N) is 1. The predicted molar refractivity (Wildman–Crippen MR) is 59.5 cm³/mol. The topological polar surface area (TPSA) is 89.9 Å². The fourth-order valence-corrected chi connectivity index (χ4v) is 2.03. The molecular formula is C11H18N2O4. The highest BCUT2D eigenvalue weighted by Crippen LogP contribution is 2.35. The number of aliphatic carboxylic acids is 1. The summed E-state index contributed by atoms with van der Waals surface area (Å²) in [7, 11) is 0. The van der Waals surface area contributed by atoms with Crippen molar-refractivity contribution >= 4 is 12.0 Å². The van der Waals surface area contributed by atoms with Gasteiger partial charge in [-0.25, -0.2) is 9.59 Å². The van der Waals surface area contributed by atoms with Crippen LogP contribution in [-0.4, -0.2) is 51.8 Å². The van der Waals surface area contributed by atoms with E-state index in [0.29, 0.717) is 19.4 Å². The van der Waals surface area contributed by atoms with Gasteiger partial charge in [0.2, 0.25) is 0 Å². The lowest BCUT2D eigenvalue weighted by molar-refractivity contribution is -0.140. The Kier molecular flexibility index (Phi) is 2.99. The summed E-state index contributed by atoms with van der Waals surface area (Å²) in [6.45, 7) is 2.79. The van der Waals surface area contributed by atoms with Crippen LogP contribution in [0.15, 0.2) is 0 Å². The molecule has 2 amide bonds. The second-order valence-corrected chi connectivity index (χ2v) is 5.10. The van der Waals surface area contributed by atoms with Gasteiger partial charge in [0.1, 0.15) is 5.54 Å². The number of carboxylic acids is 1. The third-order valence-electron chi connectivity index (χ3n) is 3.71. The third-order valence-corrected chi connectivity index (χ3v) is 3.71. The number of hydrogen-bond acceptors (Lipinski definition) is 3. The molecular weight excluding hydrogens is 224 g/mol. The zero-order valence-corrected chi connectivity index (χ0v) is 9.85. The number of carboxylic acid groups (broad SMARTS) is 1. The summed E-state index contributed by atoms with van der Waals surface area (Å²) in [6.07, 6.45) is 1.20. The van der Waals surface area contributed by atoms with Crippen LogP contribution >= 0.6 is 0 Å². The van der Waals surface area contributed by atoms with Crippen molar-refractivity contribution in [3.8, 4) is 0 Å². The van der Waals surface area contributed by atoms with Crippen LogP contribution in [0.3, 0.4) is 0 Å². The maximum Gasteiger partial charge on any atom is 0.329 e. The van der Waals surface area contributed by atoms with Gasteiger partial charge in [0.25, 0.3) is 0 Å². The number of urea groups is 1. The quantitative estimate of drug-likeness (QED) is 0.636. The lowest BCUT2D eigenvalue weighted by Crippen LogP contribution is -2.54. The van der Waals surface area contributed by atoms with Crippen molar-refractivity contribution in [1.29, 1.82) is 0 Å². The third kappa shape index (κ3) is 2.36. The Hall–Kier alpha value is -1.30. The number of piperidine rings is 1. The van der Waals surface area contributed by atoms with E-state index in [2.05, 4.69) is 5.32 Å². The van der Waals surface area contributed by atoms with Crippen molar-refractivity contribution in [3.63, 3.8) is 0 Å². The minimum absolute atomic E-state index is 0.188. The van der Waals surface area contributed by atoms with E-state index in [1.807, 2.05) is 6.92 Å². The number of amides is 2. The minimum atomic E-state index is -1.05. The van der Waals surface area contributed by atoms with E-state index in [1.165, 1.54) is 4.90 Å². The Morgan fingerprint density at radius 1 is 1.41 bits per heavy atom. The molecule has 6 nitrogen and oxygen atoms in total. The molecule has 2 atom stereocenters. The number of hydrogen-bond donors (Lipinski definition) is 3. The van der Waals surface area contributed by atoms with Gasteiger partial charge in [0, 0.05) is 13.1 Å². The van der Waals surface area contributed by atoms with Crippen LogP contribution in [0.1, 0.15) is 26.2 Å². The van der Waals surface area contributed by atoms with Crippen LogP contribution in [0, 0.1) is 5.92 Å². The van der Waals surface area contributed by atoms with Gasteiger partial charge in [-0.3, -0.25) is 0 Å². The summed E-state index contributed by atoms with van der Waals surface area (Å²) >= 11 is 0. The standard InChI is InChI=1S/C11H18N2O4/c1-7-2-5-13(6-8(7)14)10(17)12-11(3-4-11)9(15)16/h7-8,14H,2-6H2,1H3,(H,12,17)(H,15,16). The summed E-state index contributed by atoms with van der Waals surface area (Å²) < 4.78 is 0. The average Bonchev–Trinajstić information content (AvgIpc) is 3.03. The van der Waals surface area contributed by atoms with Crippen molar-refractivity contribution < 1.29 is 19.8 Å². The van der Waals surface area contributed by atoms with Crippen LogP contribution in [0.25, 0.3) is 0 Å². The number of carbonyl (C=O) groups is 2. The van der Waals surface area contributed by atoms with E-state index in [9.17, 15) is 14.7 Å². The first kappa shape index (κ1) is 12.2. The first-order chi connectivity index (χ1) is 7.94. The van der Waals surface area contributed by atoms with Crippen molar-refractivity contribution in [2.45, 2.75) is 37.8 Å². The Balaban J connectivity index is 1.91. The monoisotopic (exact) mass is 242 g/mol. The number of nitrogens with zero attached hydrogens (tertiary/aromatic N) is 1. The van der Waals surface area contributed by atoms with E-state index >= 15 is 0 Å². The van der Waals surface area contributed by atoms with Crippen LogP contribution in [0.5, 0.6) is 0 Å². The van der Waals surface area contributed by atoms with Gasteiger partial charge in [0.05, 0.1) is 6.10 Å². The van der Waals surface area contributed by atoms with E-state index in [4.69, 9.17) is 5.11 Å². The Morgan fingerprint density at radius 3 is 2.53 bits per heavy atom. The normalized spacial score (nSPS) is 30.8. The zero-order valence-electron chi connectivity index (χ0n) is 9.85. The number of β-amino-alcohol motifs (C(OH)–C–C–N with tert-alkyl or cyclic N) is 1. The van der Waals surface area contributed by atoms with Crippen molar-refractivity contribution in [3.05, 3.63) is 0 Å². The number of aliphatic hydroxyl groups excluding tert-OH is 1. The highest BCUT2D eigenvalue weighted by atomic mass is 16.4. The number of carbonyl (C=O) groups excluding carboxylic acids is 1. The highest BCUT2D eigenvalue weighted by Gasteiger charge is 2.52. The molecule has 1 aliphatic heterocycles. The molecule has 0 aromatic heterocycles. The van der Waals surface area contributed by atoms with Crippen molar-refractivity contribution in [2.75, 3.05) is 13.1 Å². The largest absolute Gasteiger partial charge is 0.480 e. The number of aliphatic hydroxyl groups is 1. The Bertz CT molecular complexity index is 340. The van der Waals surface area contributed by atoms with E-state index in [1.54, 1.807) is 0 Å². The fourth-order valence-electron chi connectivity index (χ4n) is 2.03.